The predicted molar refractivity (Wildman–Crippen MR) is 95.0 cm³/mol. The van der Waals surface area contributed by atoms with Crippen LogP contribution in [0.4, 0.5) is 0 Å². The fraction of sp³-hybridized carbons (Fsp3) is 0.700. The van der Waals surface area contributed by atoms with Gasteiger partial charge in [-0.1, -0.05) is 6.07 Å². The summed E-state index contributed by atoms with van der Waals surface area (Å²) in [4.78, 5) is 2.43. The number of ether oxygens (including phenoxy) is 3. The smallest absolute Gasteiger partial charge is 0.123 e. The fourth-order valence-electron chi connectivity index (χ4n) is 4.90. The quantitative estimate of drug-likeness (QED) is 0.820. The van der Waals surface area contributed by atoms with Crippen LogP contribution in [0.2, 0.25) is 0 Å². The lowest BCUT2D eigenvalue weighted by atomic mass is 9.74. The van der Waals surface area contributed by atoms with E-state index in [2.05, 4.69) is 4.90 Å². The Kier molecular flexibility index (Phi) is 4.65. The van der Waals surface area contributed by atoms with Crippen LogP contribution < -0.4 is 9.47 Å². The van der Waals surface area contributed by atoms with E-state index in [1.807, 2.05) is 38.1 Å². The average Bonchev–Trinajstić information content (AvgIpc) is 3.21. The van der Waals surface area contributed by atoms with Gasteiger partial charge in [-0.25, -0.2) is 0 Å². The maximum atomic E-state index is 9.70. The molecule has 25 heavy (non-hydrogen) atoms. The molecular weight excluding hydrogens is 318 g/mol. The summed E-state index contributed by atoms with van der Waals surface area (Å²) in [6, 6.07) is 7.84. The molecule has 0 unspecified atom stereocenters. The molecule has 4 atom stereocenters. The topological polar surface area (TPSA) is 51.2 Å². The number of likely N-dealkylation sites (tertiary alicyclic amines) is 1. The number of aliphatic hydroxyl groups excluding tert-OH is 1. The van der Waals surface area contributed by atoms with E-state index in [0.29, 0.717) is 18.4 Å². The largest absolute Gasteiger partial charge is 0.492 e. The Morgan fingerprint density at radius 2 is 2.20 bits per heavy atom. The molecule has 0 radical (unpaired) electrons. The van der Waals surface area contributed by atoms with Crippen molar-refractivity contribution in [1.82, 2.24) is 4.90 Å². The molecule has 1 aromatic carbocycles. The Balaban J connectivity index is 1.29. The standard InChI is InChI=1S/C20H29NO4/c1-14(2)24-16-5-3-4-15(10-16)23-9-8-21-11-18-17(12-22)19-6-7-20(18,13-21)25-19/h3-5,10,14,17-19,22H,6-9,11-13H2,1-2H3/t17-,18+,19+,20+/m0/s1. The molecule has 1 N–H and O–H groups in total. The van der Waals surface area contributed by atoms with E-state index in [9.17, 15) is 5.11 Å². The first-order valence-electron chi connectivity index (χ1n) is 9.50. The molecule has 3 fully saturated rings. The predicted octanol–water partition coefficient (Wildman–Crippen LogP) is 2.32. The second kappa shape index (κ2) is 6.78. The van der Waals surface area contributed by atoms with Gasteiger partial charge in [0.2, 0.25) is 0 Å². The van der Waals surface area contributed by atoms with Crippen molar-refractivity contribution in [2.45, 2.75) is 44.5 Å². The zero-order chi connectivity index (χ0) is 17.4. The first kappa shape index (κ1) is 17.1. The summed E-state index contributed by atoms with van der Waals surface area (Å²) in [5.74, 6) is 2.50. The van der Waals surface area contributed by atoms with Crippen LogP contribution in [-0.2, 0) is 4.74 Å². The third kappa shape index (κ3) is 3.25. The summed E-state index contributed by atoms with van der Waals surface area (Å²) in [6.07, 6.45) is 2.70. The number of fused-ring (bicyclic) bond motifs is 1. The Labute approximate surface area is 149 Å². The van der Waals surface area contributed by atoms with Gasteiger partial charge in [0.1, 0.15) is 18.1 Å². The molecule has 0 saturated carbocycles. The lowest BCUT2D eigenvalue weighted by Gasteiger charge is -2.28. The first-order chi connectivity index (χ1) is 12.1. The summed E-state index contributed by atoms with van der Waals surface area (Å²) < 4.78 is 17.9. The molecule has 5 nitrogen and oxygen atoms in total. The highest BCUT2D eigenvalue weighted by Gasteiger charge is 2.62. The van der Waals surface area contributed by atoms with E-state index in [0.717, 1.165) is 44.0 Å². The van der Waals surface area contributed by atoms with Crippen molar-refractivity contribution in [2.75, 3.05) is 32.8 Å². The van der Waals surface area contributed by atoms with Gasteiger partial charge in [0.25, 0.3) is 0 Å². The van der Waals surface area contributed by atoms with Crippen molar-refractivity contribution >= 4 is 0 Å². The molecule has 1 aromatic rings. The molecule has 0 aliphatic carbocycles. The summed E-state index contributed by atoms with van der Waals surface area (Å²) in [5.41, 5.74) is 0.00306. The number of nitrogens with zero attached hydrogens (tertiary/aromatic N) is 1. The second-order valence-electron chi connectivity index (χ2n) is 7.94. The van der Waals surface area contributed by atoms with E-state index in [1.165, 1.54) is 0 Å². The summed E-state index contributed by atoms with van der Waals surface area (Å²) in [5, 5.41) is 9.70. The normalized spacial score (nSPS) is 33.8. The van der Waals surface area contributed by atoms with Crippen molar-refractivity contribution in [3.8, 4) is 11.5 Å². The van der Waals surface area contributed by atoms with Gasteiger partial charge >= 0.3 is 0 Å². The molecule has 3 heterocycles. The number of hydrogen-bond donors (Lipinski definition) is 1. The third-order valence-corrected chi connectivity index (χ3v) is 5.92. The molecule has 138 valence electrons. The van der Waals surface area contributed by atoms with Crippen molar-refractivity contribution in [3.05, 3.63) is 24.3 Å². The minimum atomic E-state index is 0.00306. The van der Waals surface area contributed by atoms with Gasteiger partial charge in [-0.05, 0) is 38.8 Å². The van der Waals surface area contributed by atoms with Crippen molar-refractivity contribution in [1.29, 1.82) is 0 Å². The molecule has 0 aromatic heterocycles. The van der Waals surface area contributed by atoms with Crippen LogP contribution in [-0.4, -0.2) is 60.7 Å². The van der Waals surface area contributed by atoms with Gasteiger partial charge in [-0.2, -0.15) is 0 Å². The summed E-state index contributed by atoms with van der Waals surface area (Å²) in [6.45, 7) is 7.83. The number of aliphatic hydroxyl groups is 1. The second-order valence-corrected chi connectivity index (χ2v) is 7.94. The molecule has 3 aliphatic heterocycles. The van der Waals surface area contributed by atoms with Gasteiger partial charge < -0.3 is 19.3 Å². The van der Waals surface area contributed by atoms with E-state index in [-0.39, 0.29) is 24.4 Å². The molecule has 4 rings (SSSR count). The lowest BCUT2D eigenvalue weighted by Crippen LogP contribution is -2.38. The molecule has 3 aliphatic rings. The Bertz CT molecular complexity index is 607. The van der Waals surface area contributed by atoms with Crippen LogP contribution in [0.25, 0.3) is 0 Å². The summed E-state index contributed by atoms with van der Waals surface area (Å²) in [7, 11) is 0. The van der Waals surface area contributed by atoms with Gasteiger partial charge in [0.15, 0.2) is 0 Å². The van der Waals surface area contributed by atoms with Gasteiger partial charge in [-0.15, -0.1) is 0 Å². The maximum Gasteiger partial charge on any atom is 0.123 e. The van der Waals surface area contributed by atoms with Gasteiger partial charge in [0, 0.05) is 44.1 Å². The molecule has 3 saturated heterocycles. The van der Waals surface area contributed by atoms with Crippen LogP contribution >= 0.6 is 0 Å². The Hall–Kier alpha value is -1.30. The van der Waals surface area contributed by atoms with E-state index < -0.39 is 0 Å². The van der Waals surface area contributed by atoms with Crippen LogP contribution in [0.3, 0.4) is 0 Å². The zero-order valence-corrected chi connectivity index (χ0v) is 15.2. The zero-order valence-electron chi connectivity index (χ0n) is 15.2. The number of rotatable bonds is 7. The highest BCUT2D eigenvalue weighted by atomic mass is 16.5. The Morgan fingerprint density at radius 1 is 1.36 bits per heavy atom. The van der Waals surface area contributed by atoms with Crippen LogP contribution in [0.15, 0.2) is 24.3 Å². The fourth-order valence-corrected chi connectivity index (χ4v) is 4.90. The van der Waals surface area contributed by atoms with Gasteiger partial charge in [-0.3, -0.25) is 4.90 Å². The molecule has 2 bridgehead atoms. The Morgan fingerprint density at radius 3 is 3.00 bits per heavy atom. The third-order valence-electron chi connectivity index (χ3n) is 5.92. The number of hydrogen-bond acceptors (Lipinski definition) is 5. The minimum absolute atomic E-state index is 0.00306. The van der Waals surface area contributed by atoms with Crippen molar-refractivity contribution < 1.29 is 19.3 Å². The number of benzene rings is 1. The van der Waals surface area contributed by atoms with Crippen molar-refractivity contribution in [3.63, 3.8) is 0 Å². The average molecular weight is 347 g/mol. The van der Waals surface area contributed by atoms with Crippen LogP contribution in [0.5, 0.6) is 11.5 Å². The maximum absolute atomic E-state index is 9.70. The molecule has 0 amide bonds. The van der Waals surface area contributed by atoms with E-state index in [4.69, 9.17) is 14.2 Å². The summed E-state index contributed by atoms with van der Waals surface area (Å²) >= 11 is 0. The van der Waals surface area contributed by atoms with E-state index >= 15 is 0 Å². The molecule has 5 heteroatoms. The monoisotopic (exact) mass is 347 g/mol. The highest BCUT2D eigenvalue weighted by Crippen LogP contribution is 2.54. The first-order valence-corrected chi connectivity index (χ1v) is 9.50. The van der Waals surface area contributed by atoms with Crippen LogP contribution in [0, 0.1) is 11.8 Å². The van der Waals surface area contributed by atoms with Crippen LogP contribution in [0.1, 0.15) is 26.7 Å². The lowest BCUT2D eigenvalue weighted by molar-refractivity contribution is 0.000234. The van der Waals surface area contributed by atoms with Crippen molar-refractivity contribution in [2.24, 2.45) is 11.8 Å². The molecule has 1 spiro atoms. The highest BCUT2D eigenvalue weighted by molar-refractivity contribution is 5.33. The minimum Gasteiger partial charge on any atom is -0.492 e. The van der Waals surface area contributed by atoms with Gasteiger partial charge in [0.05, 0.1) is 17.8 Å². The van der Waals surface area contributed by atoms with E-state index in [1.54, 1.807) is 0 Å². The SMILES string of the molecule is CC(C)Oc1cccc(OCCN2C[C@@H]3[C@H](CO)[C@H]4CC[C@]3(C2)O4)c1. The molecular formula is C20H29NO4.